The second kappa shape index (κ2) is 4.33. The fourth-order valence-corrected chi connectivity index (χ4v) is 3.30. The van der Waals surface area contributed by atoms with Gasteiger partial charge in [0.15, 0.2) is 3.95 Å². The second-order valence-corrected chi connectivity index (χ2v) is 5.81. The smallest absolute Gasteiger partial charge is 0.161 e. The van der Waals surface area contributed by atoms with Gasteiger partial charge in [-0.2, -0.15) is 0 Å². The minimum Gasteiger partial charge on any atom is -0.340 e. The fraction of sp³-hybridized carbons (Fsp3) is 0.0909. The van der Waals surface area contributed by atoms with E-state index in [1.54, 1.807) is 11.3 Å². The molecule has 0 spiro atoms. The minimum atomic E-state index is 0.690. The average Bonchev–Trinajstić information content (AvgIpc) is 2.87. The third kappa shape index (κ3) is 2.06. The van der Waals surface area contributed by atoms with Crippen molar-refractivity contribution in [1.82, 2.24) is 14.5 Å². The highest BCUT2D eigenvalue weighted by Gasteiger charge is 2.05. The van der Waals surface area contributed by atoms with Crippen LogP contribution in [0.25, 0.3) is 11.0 Å². The number of thiazole rings is 1. The van der Waals surface area contributed by atoms with Crippen molar-refractivity contribution in [3.05, 3.63) is 39.4 Å². The molecule has 0 saturated carbocycles. The number of nitrogens with one attached hydrogen (secondary N) is 1. The van der Waals surface area contributed by atoms with E-state index in [0.717, 1.165) is 26.2 Å². The Kier molecular flexibility index (Phi) is 2.82. The van der Waals surface area contributed by atoms with E-state index in [2.05, 4.69) is 23.8 Å². The molecule has 0 radical (unpaired) electrons. The highest BCUT2D eigenvalue weighted by Crippen LogP contribution is 2.12. The van der Waals surface area contributed by atoms with Crippen molar-refractivity contribution in [2.24, 2.45) is 0 Å². The highest BCUT2D eigenvalue weighted by molar-refractivity contribution is 7.73. The Hall–Kier alpha value is -1.03. The third-order valence-corrected chi connectivity index (χ3v) is 4.57. The molecule has 1 N–H and O–H groups in total. The maximum atomic E-state index is 5.28. The normalized spacial score (nSPS) is 11.1. The number of fused-ring (bicyclic) bond motifs is 1. The van der Waals surface area contributed by atoms with Crippen LogP contribution < -0.4 is 5.44 Å². The fourth-order valence-electron chi connectivity index (χ4n) is 1.73. The monoisotopic (exact) mass is 279 g/mol. The highest BCUT2D eigenvalue weighted by atomic mass is 32.1. The van der Waals surface area contributed by atoms with Crippen LogP contribution in [-0.4, -0.2) is 14.5 Å². The summed E-state index contributed by atoms with van der Waals surface area (Å²) in [4.78, 5) is 7.85. The molecule has 2 aromatic heterocycles. The van der Waals surface area contributed by atoms with Gasteiger partial charge in [-0.1, -0.05) is 21.4 Å². The first kappa shape index (κ1) is 11.1. The van der Waals surface area contributed by atoms with E-state index in [4.69, 9.17) is 12.2 Å². The Morgan fingerprint density at radius 2 is 2.24 bits per heavy atom. The van der Waals surface area contributed by atoms with Crippen LogP contribution in [0.3, 0.4) is 0 Å². The zero-order chi connectivity index (χ0) is 11.8. The summed E-state index contributed by atoms with van der Waals surface area (Å²) in [7, 11) is 2.70. The van der Waals surface area contributed by atoms with Crippen molar-refractivity contribution < 1.29 is 0 Å². The van der Waals surface area contributed by atoms with Crippen LogP contribution in [0.2, 0.25) is 0 Å². The maximum absolute atomic E-state index is 5.28. The van der Waals surface area contributed by atoms with Gasteiger partial charge in [-0.15, -0.1) is 11.3 Å². The topological polar surface area (TPSA) is 33.6 Å². The van der Waals surface area contributed by atoms with Gasteiger partial charge in [0.25, 0.3) is 0 Å². The van der Waals surface area contributed by atoms with Crippen molar-refractivity contribution in [3.63, 3.8) is 0 Å². The molecule has 3 aromatic rings. The van der Waals surface area contributed by atoms with E-state index in [9.17, 15) is 0 Å². The average molecular weight is 279 g/mol. The molecule has 86 valence electrons. The van der Waals surface area contributed by atoms with Crippen molar-refractivity contribution in [1.29, 1.82) is 0 Å². The summed E-state index contributed by atoms with van der Waals surface area (Å²) in [5.74, 6) is 0.935. The molecular formula is C11H10N3PS2. The van der Waals surface area contributed by atoms with E-state index in [0.29, 0.717) is 6.54 Å². The SMILES string of the molecule is Pc1csc(=S)n1Cc1nc2ccccc2[nH]1. The summed E-state index contributed by atoms with van der Waals surface area (Å²) < 4.78 is 2.93. The molecule has 0 aliphatic carbocycles. The molecule has 3 nitrogen and oxygen atoms in total. The lowest BCUT2D eigenvalue weighted by molar-refractivity contribution is 0.781. The van der Waals surface area contributed by atoms with Gasteiger partial charge < -0.3 is 9.55 Å². The first-order valence-electron chi connectivity index (χ1n) is 5.11. The molecule has 0 bridgehead atoms. The molecular weight excluding hydrogens is 269 g/mol. The molecule has 3 rings (SSSR count). The Morgan fingerprint density at radius 1 is 1.41 bits per heavy atom. The van der Waals surface area contributed by atoms with E-state index < -0.39 is 0 Å². The standard InChI is InChI=1S/C11H10N3PS2/c15-10-6-17-11(16)14(10)5-9-12-7-3-1-2-4-8(7)13-9/h1-4,6H,5,15H2,(H,12,13). The largest absolute Gasteiger partial charge is 0.340 e. The number of hydrogen-bond acceptors (Lipinski definition) is 3. The number of hydrogen-bond donors (Lipinski definition) is 1. The van der Waals surface area contributed by atoms with Gasteiger partial charge in [0.1, 0.15) is 5.82 Å². The Balaban J connectivity index is 2.03. The van der Waals surface area contributed by atoms with E-state index in [-0.39, 0.29) is 0 Å². The second-order valence-electron chi connectivity index (χ2n) is 3.71. The van der Waals surface area contributed by atoms with Gasteiger partial charge in [-0.3, -0.25) is 0 Å². The van der Waals surface area contributed by atoms with Crippen molar-refractivity contribution in [2.75, 3.05) is 0 Å². The lowest BCUT2D eigenvalue weighted by atomic mass is 10.3. The maximum Gasteiger partial charge on any atom is 0.161 e. The van der Waals surface area contributed by atoms with Gasteiger partial charge in [0, 0.05) is 10.8 Å². The lowest BCUT2D eigenvalue weighted by Crippen LogP contribution is -2.11. The molecule has 17 heavy (non-hydrogen) atoms. The number of nitrogens with zero attached hydrogens (tertiary/aromatic N) is 2. The van der Waals surface area contributed by atoms with Crippen molar-refractivity contribution in [2.45, 2.75) is 6.54 Å². The Labute approximate surface area is 110 Å². The first-order valence-corrected chi connectivity index (χ1v) is 6.98. The zero-order valence-corrected chi connectivity index (χ0v) is 11.7. The Morgan fingerprint density at radius 3 is 2.94 bits per heavy atom. The number of imidazole rings is 1. The summed E-state index contributed by atoms with van der Waals surface area (Å²) in [5.41, 5.74) is 3.16. The van der Waals surface area contributed by atoms with Crippen molar-refractivity contribution in [3.8, 4) is 0 Å². The van der Waals surface area contributed by atoms with Crippen LogP contribution in [0, 0.1) is 3.95 Å². The zero-order valence-electron chi connectivity index (χ0n) is 8.88. The molecule has 1 unspecified atom stereocenters. The molecule has 1 aromatic carbocycles. The number of benzene rings is 1. The van der Waals surface area contributed by atoms with E-state index in [1.807, 2.05) is 29.6 Å². The van der Waals surface area contributed by atoms with Crippen LogP contribution >= 0.6 is 32.8 Å². The van der Waals surface area contributed by atoms with Crippen LogP contribution in [0.4, 0.5) is 0 Å². The molecule has 0 saturated heterocycles. The number of rotatable bonds is 2. The van der Waals surface area contributed by atoms with Crippen LogP contribution in [0.1, 0.15) is 5.82 Å². The van der Waals surface area contributed by atoms with Gasteiger partial charge >= 0.3 is 0 Å². The number of aromatic nitrogens is 3. The quantitative estimate of drug-likeness (QED) is 0.578. The van der Waals surface area contributed by atoms with Crippen LogP contribution in [-0.2, 0) is 6.54 Å². The summed E-state index contributed by atoms with van der Waals surface area (Å²) in [5, 5.41) is 2.04. The summed E-state index contributed by atoms with van der Waals surface area (Å²) in [6.45, 7) is 0.690. The molecule has 0 aliphatic heterocycles. The first-order chi connectivity index (χ1) is 8.24. The molecule has 0 aliphatic rings. The number of aromatic amines is 1. The molecule has 1 atom stereocenters. The predicted molar refractivity (Wildman–Crippen MR) is 77.7 cm³/mol. The third-order valence-electron chi connectivity index (χ3n) is 2.56. The predicted octanol–water partition coefficient (Wildman–Crippen LogP) is 2.70. The molecule has 0 fully saturated rings. The summed E-state index contributed by atoms with van der Waals surface area (Å²) in [6, 6.07) is 8.02. The molecule has 6 heteroatoms. The number of para-hydroxylation sites is 2. The lowest BCUT2D eigenvalue weighted by Gasteiger charge is -2.01. The van der Waals surface area contributed by atoms with Crippen molar-refractivity contribution >= 4 is 49.3 Å². The van der Waals surface area contributed by atoms with Gasteiger partial charge in [0.2, 0.25) is 0 Å². The van der Waals surface area contributed by atoms with Crippen LogP contribution in [0.15, 0.2) is 29.6 Å². The van der Waals surface area contributed by atoms with E-state index >= 15 is 0 Å². The minimum absolute atomic E-state index is 0.690. The Bertz CT molecular complexity index is 692. The molecule has 0 amide bonds. The molecule has 2 heterocycles. The van der Waals surface area contributed by atoms with Gasteiger partial charge in [-0.05, 0) is 24.4 Å². The summed E-state index contributed by atoms with van der Waals surface area (Å²) in [6.07, 6.45) is 0. The van der Waals surface area contributed by atoms with Gasteiger partial charge in [0.05, 0.1) is 17.6 Å². The van der Waals surface area contributed by atoms with Crippen LogP contribution in [0.5, 0.6) is 0 Å². The van der Waals surface area contributed by atoms with Gasteiger partial charge in [-0.25, -0.2) is 4.98 Å². The summed E-state index contributed by atoms with van der Waals surface area (Å²) >= 11 is 6.85. The number of H-pyrrole nitrogens is 1. The van der Waals surface area contributed by atoms with E-state index in [1.165, 1.54) is 0 Å².